The van der Waals surface area contributed by atoms with Crippen molar-refractivity contribution >= 4 is 38.8 Å². The van der Waals surface area contributed by atoms with Crippen molar-refractivity contribution < 1.29 is 0 Å². The molecular formula is C40H31N3. The predicted molar refractivity (Wildman–Crippen MR) is 184 cm³/mol. The number of fused-ring (bicyclic) bond motifs is 4. The normalized spacial score (nSPS) is 11.7. The van der Waals surface area contributed by atoms with Crippen LogP contribution in [0.25, 0.3) is 61.0 Å². The molecule has 2 aliphatic rings. The smallest absolute Gasteiger partial charge is 0.139 e. The van der Waals surface area contributed by atoms with Gasteiger partial charge in [-0.1, -0.05) is 104 Å². The Morgan fingerprint density at radius 3 is 2.37 bits per heavy atom. The topological polar surface area (TPSA) is 40.7 Å². The highest BCUT2D eigenvalue weighted by molar-refractivity contribution is 6.02. The summed E-state index contributed by atoms with van der Waals surface area (Å²) in [7, 11) is 0. The summed E-state index contributed by atoms with van der Waals surface area (Å²) in [6.07, 6.45) is 8.13. The number of nitrogens with zero attached hydrogens (tertiary/aromatic N) is 1. The van der Waals surface area contributed by atoms with Crippen LogP contribution < -0.4 is 5.32 Å². The van der Waals surface area contributed by atoms with Gasteiger partial charge in [-0.3, -0.25) is 0 Å². The molecule has 0 bridgehead atoms. The zero-order valence-electron chi connectivity index (χ0n) is 24.0. The van der Waals surface area contributed by atoms with Gasteiger partial charge in [-0.2, -0.15) is 0 Å². The fourth-order valence-electron chi connectivity index (χ4n) is 5.63. The Morgan fingerprint density at radius 1 is 0.721 bits per heavy atom. The van der Waals surface area contributed by atoms with E-state index in [1.54, 1.807) is 0 Å². The molecule has 0 unspecified atom stereocenters. The minimum absolute atomic E-state index is 0.909. The molecule has 5 aromatic carbocycles. The first-order valence-electron chi connectivity index (χ1n) is 14.5. The first-order chi connectivity index (χ1) is 21.2. The maximum Gasteiger partial charge on any atom is 0.139 e. The Bertz CT molecular complexity index is 2130. The van der Waals surface area contributed by atoms with E-state index in [1.807, 2.05) is 37.3 Å². The number of hydrogen-bond acceptors (Lipinski definition) is 2. The predicted octanol–water partition coefficient (Wildman–Crippen LogP) is 11.0. The van der Waals surface area contributed by atoms with E-state index in [4.69, 9.17) is 4.98 Å². The number of rotatable bonds is 7. The largest absolute Gasteiger partial charge is 0.355 e. The molecular weight excluding hydrogens is 522 g/mol. The number of pyridine rings is 1. The van der Waals surface area contributed by atoms with Crippen LogP contribution in [0.1, 0.15) is 12.5 Å². The SMILES string of the molecule is C=C(/C=C\C=C/C)c1cc(-c2ccc3nc4[nH]c5ccccc5cc-4c3c2)ccc1Nc1cccc(-c2ccccc2)c1. The molecule has 2 N–H and O–H groups in total. The summed E-state index contributed by atoms with van der Waals surface area (Å²) in [6.45, 7) is 6.45. The van der Waals surface area contributed by atoms with Crippen molar-refractivity contribution in [3.63, 3.8) is 0 Å². The summed E-state index contributed by atoms with van der Waals surface area (Å²) in [4.78, 5) is 8.39. The molecule has 206 valence electrons. The number of aromatic nitrogens is 2. The van der Waals surface area contributed by atoms with Crippen LogP contribution in [0.4, 0.5) is 11.4 Å². The van der Waals surface area contributed by atoms with Crippen LogP contribution in [0.15, 0.2) is 152 Å². The van der Waals surface area contributed by atoms with E-state index >= 15 is 0 Å². The highest BCUT2D eigenvalue weighted by Crippen LogP contribution is 2.37. The fraction of sp³-hybridized carbons (Fsp3) is 0.0250. The standard InChI is InChI=1S/C40H31N3/c1-3-4-6-12-27(2)34-24-30(19-21-38(34)41-33-17-11-16-29(23-33)28-13-7-5-8-14-28)31-20-22-39-35(25-31)36-26-32-15-9-10-18-37(32)42-40(36)43-39/h3-26,41H,2H2,1H3,(H,42,43)/b4-3-,12-6-. The summed E-state index contributed by atoms with van der Waals surface area (Å²) in [5.74, 6) is 0.909. The van der Waals surface area contributed by atoms with Crippen LogP contribution in [0.5, 0.6) is 0 Å². The van der Waals surface area contributed by atoms with Gasteiger partial charge in [-0.15, -0.1) is 0 Å². The molecule has 0 spiro atoms. The van der Waals surface area contributed by atoms with Crippen LogP contribution in [0, 0.1) is 0 Å². The van der Waals surface area contributed by atoms with Crippen molar-refractivity contribution in [1.82, 2.24) is 9.97 Å². The quantitative estimate of drug-likeness (QED) is 0.193. The molecule has 0 aromatic heterocycles. The second-order valence-electron chi connectivity index (χ2n) is 10.7. The Balaban J connectivity index is 1.29. The lowest BCUT2D eigenvalue weighted by Gasteiger charge is -2.16. The van der Waals surface area contributed by atoms with Crippen molar-refractivity contribution in [1.29, 1.82) is 0 Å². The third-order valence-corrected chi connectivity index (χ3v) is 7.84. The van der Waals surface area contributed by atoms with Crippen molar-refractivity contribution in [2.24, 2.45) is 0 Å². The van der Waals surface area contributed by atoms with E-state index < -0.39 is 0 Å². The summed E-state index contributed by atoms with van der Waals surface area (Å²) in [6, 6.07) is 42.6. The van der Waals surface area contributed by atoms with Crippen LogP contribution in [0.3, 0.4) is 0 Å². The third kappa shape index (κ3) is 5.25. The van der Waals surface area contributed by atoms with Crippen LogP contribution in [-0.2, 0) is 0 Å². The molecule has 0 saturated heterocycles. The second-order valence-corrected chi connectivity index (χ2v) is 10.7. The van der Waals surface area contributed by atoms with E-state index in [1.165, 1.54) is 16.5 Å². The van der Waals surface area contributed by atoms with Crippen molar-refractivity contribution in [2.45, 2.75) is 6.92 Å². The van der Waals surface area contributed by atoms with Gasteiger partial charge in [0.15, 0.2) is 0 Å². The molecule has 5 aromatic rings. The summed E-state index contributed by atoms with van der Waals surface area (Å²) < 4.78 is 0. The molecule has 43 heavy (non-hydrogen) atoms. The lowest BCUT2D eigenvalue weighted by molar-refractivity contribution is 1.30. The van der Waals surface area contributed by atoms with Gasteiger partial charge < -0.3 is 10.3 Å². The maximum atomic E-state index is 4.88. The fourth-order valence-corrected chi connectivity index (χ4v) is 5.63. The summed E-state index contributed by atoms with van der Waals surface area (Å²) in [5, 5.41) is 5.99. The van der Waals surface area contributed by atoms with Gasteiger partial charge in [0.2, 0.25) is 0 Å². The van der Waals surface area contributed by atoms with Gasteiger partial charge in [-0.05, 0) is 88.7 Å². The van der Waals surface area contributed by atoms with E-state index in [2.05, 4.69) is 132 Å². The molecule has 0 saturated carbocycles. The van der Waals surface area contributed by atoms with Crippen LogP contribution >= 0.6 is 0 Å². The van der Waals surface area contributed by atoms with Crippen molar-refractivity contribution in [3.05, 3.63) is 158 Å². The Kier molecular flexibility index (Phi) is 6.90. The Labute approximate surface area is 251 Å². The molecule has 0 radical (unpaired) electrons. The maximum absolute atomic E-state index is 4.88. The zero-order valence-corrected chi connectivity index (χ0v) is 24.0. The van der Waals surface area contributed by atoms with Crippen LogP contribution in [-0.4, -0.2) is 9.97 Å². The molecule has 0 atom stereocenters. The summed E-state index contributed by atoms with van der Waals surface area (Å²) in [5.41, 5.74) is 11.8. The minimum atomic E-state index is 0.909. The highest BCUT2D eigenvalue weighted by atomic mass is 14.9. The van der Waals surface area contributed by atoms with E-state index in [0.29, 0.717) is 0 Å². The van der Waals surface area contributed by atoms with Crippen molar-refractivity contribution in [2.75, 3.05) is 5.32 Å². The van der Waals surface area contributed by atoms with E-state index in [-0.39, 0.29) is 0 Å². The molecule has 2 heterocycles. The number of hydrogen-bond donors (Lipinski definition) is 2. The average molecular weight is 554 g/mol. The molecule has 3 nitrogen and oxygen atoms in total. The Morgan fingerprint density at radius 2 is 1.49 bits per heavy atom. The number of anilines is 2. The average Bonchev–Trinajstić information content (AvgIpc) is 3.41. The zero-order chi connectivity index (χ0) is 29.2. The molecule has 3 heteroatoms. The molecule has 7 rings (SSSR count). The first-order valence-corrected chi connectivity index (χ1v) is 14.5. The first kappa shape index (κ1) is 26.2. The van der Waals surface area contributed by atoms with E-state index in [0.717, 1.165) is 61.4 Å². The lowest BCUT2D eigenvalue weighted by atomic mass is 9.96. The van der Waals surface area contributed by atoms with Gasteiger partial charge in [0.25, 0.3) is 0 Å². The van der Waals surface area contributed by atoms with E-state index in [9.17, 15) is 0 Å². The number of benzene rings is 5. The van der Waals surface area contributed by atoms with Gasteiger partial charge in [0, 0.05) is 33.4 Å². The lowest BCUT2D eigenvalue weighted by Crippen LogP contribution is -1.96. The minimum Gasteiger partial charge on any atom is -0.355 e. The number of nitrogens with one attached hydrogen (secondary N) is 2. The van der Waals surface area contributed by atoms with Crippen LogP contribution in [0.2, 0.25) is 0 Å². The number of aromatic amines is 1. The number of allylic oxidation sites excluding steroid dienone is 5. The molecule has 2 aliphatic heterocycles. The molecule has 0 amide bonds. The van der Waals surface area contributed by atoms with Crippen molar-refractivity contribution in [3.8, 4) is 33.6 Å². The number of para-hydroxylation sites is 1. The summed E-state index contributed by atoms with van der Waals surface area (Å²) >= 11 is 0. The molecule has 0 aliphatic carbocycles. The van der Waals surface area contributed by atoms with Gasteiger partial charge in [-0.25, -0.2) is 4.98 Å². The number of H-pyrrole nitrogens is 1. The second kappa shape index (κ2) is 11.3. The molecule has 0 fully saturated rings. The Hall–Kier alpha value is -5.67. The monoisotopic (exact) mass is 553 g/mol. The van der Waals surface area contributed by atoms with Gasteiger partial charge in [0.1, 0.15) is 5.82 Å². The third-order valence-electron chi connectivity index (χ3n) is 7.84. The van der Waals surface area contributed by atoms with Gasteiger partial charge in [0.05, 0.1) is 5.52 Å². The highest BCUT2D eigenvalue weighted by Gasteiger charge is 2.15. The van der Waals surface area contributed by atoms with Gasteiger partial charge >= 0.3 is 0 Å².